The Morgan fingerprint density at radius 1 is 0.733 bits per heavy atom. The molecule has 0 unspecified atom stereocenters. The van der Waals surface area contributed by atoms with Gasteiger partial charge in [0.05, 0.1) is 19.5 Å². The molecule has 10 nitrogen and oxygen atoms in total. The van der Waals surface area contributed by atoms with E-state index in [-0.39, 0.29) is 72.3 Å². The standard InChI is InChI=1S/C16H40N2O2Si2.C6H15ClSi.C4H12N2O2.C3H4N2.2ClH/c1-15(2,3)21(7,8)19-11-13(17)14(18)12-20-22(9,10)16(4,5)6;1-6(2,3)8(4,5)7;5-3(1-7)4(6)2-8;1-2-5-3-4-1;;/h13-14H,11-12,17-18H2,1-10H3;1-5H3;3-4,7-8H,1-2,5-6H2;1-3H,(H,4,5);2*1H/t13-,14-;;3-,4-;;;/m0.0.../s1. The molecule has 0 amide bonds. The van der Waals surface area contributed by atoms with Crippen molar-refractivity contribution in [1.29, 1.82) is 0 Å². The molecule has 1 aromatic rings. The zero-order valence-electron chi connectivity index (χ0n) is 31.2. The van der Waals surface area contributed by atoms with Gasteiger partial charge in [-0.15, -0.1) is 0 Å². The van der Waals surface area contributed by atoms with Crippen LogP contribution in [-0.2, 0) is 8.85 Å². The molecule has 1 heterocycles. The van der Waals surface area contributed by atoms with Crippen molar-refractivity contribution in [1.82, 2.24) is 9.97 Å². The Hall–Kier alpha value is 0.411. The summed E-state index contributed by atoms with van der Waals surface area (Å²) in [5.41, 5.74) is 19.5. The van der Waals surface area contributed by atoms with Crippen LogP contribution in [0.5, 0.6) is 0 Å². The van der Waals surface area contributed by atoms with Gasteiger partial charge in [-0.05, 0) is 41.3 Å². The molecule has 0 saturated heterocycles. The van der Waals surface area contributed by atoms with Gasteiger partial charge >= 0.3 is 0 Å². The average Bonchev–Trinajstić information content (AvgIpc) is 3.43. The maximum atomic E-state index is 8.42. The molecule has 0 bridgehead atoms. The van der Waals surface area contributed by atoms with Gasteiger partial charge in [0.1, 0.15) is 13.2 Å². The lowest BCUT2D eigenvalue weighted by Crippen LogP contribution is -3.00. The molecular formula is C29H73Cl3N6O4Si3. The fourth-order valence-corrected chi connectivity index (χ4v) is 3.89. The fraction of sp³-hybridized carbons (Fsp3) is 0.897. The molecule has 0 aromatic carbocycles. The number of imidazole rings is 1. The van der Waals surface area contributed by atoms with E-state index >= 15 is 0 Å². The normalized spacial score (nSPS) is 15.2. The number of hydrogen-bond donors (Lipinski definition) is 7. The third-order valence-corrected chi connectivity index (χ3v) is 23.0. The molecule has 0 aliphatic rings. The van der Waals surface area contributed by atoms with E-state index in [1.807, 2.05) is 0 Å². The predicted octanol–water partition coefficient (Wildman–Crippen LogP) is -2.48. The van der Waals surface area contributed by atoms with Crippen molar-refractivity contribution < 1.29 is 55.3 Å². The number of aromatic nitrogens is 2. The third kappa shape index (κ3) is 25.1. The smallest absolute Gasteiger partial charge is 0.192 e. The molecule has 276 valence electrons. The lowest BCUT2D eigenvalue weighted by Gasteiger charge is -2.39. The van der Waals surface area contributed by atoms with Crippen LogP contribution in [0.25, 0.3) is 0 Å². The van der Waals surface area contributed by atoms with Crippen molar-refractivity contribution in [2.24, 2.45) is 11.5 Å². The summed E-state index contributed by atoms with van der Waals surface area (Å²) in [7, 11) is -4.93. The lowest BCUT2D eigenvalue weighted by atomic mass is 10.2. The van der Waals surface area contributed by atoms with Crippen LogP contribution in [0, 0.1) is 0 Å². The summed E-state index contributed by atoms with van der Waals surface area (Å²) in [5, 5.41) is 17.6. The van der Waals surface area contributed by atoms with E-state index in [1.54, 1.807) is 18.7 Å². The predicted molar refractivity (Wildman–Crippen MR) is 191 cm³/mol. The molecule has 1 aromatic heterocycles. The van der Waals surface area contributed by atoms with E-state index in [0.717, 1.165) is 0 Å². The van der Waals surface area contributed by atoms with Gasteiger partial charge in [0.2, 0.25) is 0 Å². The number of aliphatic hydroxyl groups is 2. The van der Waals surface area contributed by atoms with E-state index in [1.165, 1.54) is 0 Å². The molecule has 13 N–H and O–H groups in total. The number of H-pyrrole nitrogens is 1. The molecule has 45 heavy (non-hydrogen) atoms. The van der Waals surface area contributed by atoms with E-state index in [4.69, 9.17) is 41.6 Å². The second-order valence-corrected chi connectivity index (χ2v) is 32.7. The Labute approximate surface area is 296 Å². The van der Waals surface area contributed by atoms with Crippen molar-refractivity contribution in [3.63, 3.8) is 0 Å². The highest BCUT2D eigenvalue weighted by molar-refractivity contribution is 7.20. The molecule has 0 fully saturated rings. The third-order valence-electron chi connectivity index (χ3n) is 8.76. The molecule has 0 aliphatic heterocycles. The Morgan fingerprint density at radius 2 is 1.02 bits per heavy atom. The Bertz CT molecular complexity index is 747. The zero-order chi connectivity index (χ0) is 35.1. The number of nitrogens with two attached hydrogens (primary N) is 2. The largest absolute Gasteiger partial charge is 1.00 e. The SMILES string of the molecule is CC(C)(C)[Si](C)(C)Cl.CC(C)(C)[Si](C)(C)OC[C@H](N)[C@@H](N)CO[Si](C)(C)C(C)(C)C.[Cl-].[Cl-].[NH3+][C@@H](CO)[C@@H]([NH3+])CO.c1c[nH]cn1. The van der Waals surface area contributed by atoms with Crippen LogP contribution < -0.4 is 47.7 Å². The Balaban J connectivity index is -0.000000189. The minimum Gasteiger partial charge on any atom is -1.00 e. The van der Waals surface area contributed by atoms with Gasteiger partial charge in [0, 0.05) is 24.5 Å². The van der Waals surface area contributed by atoms with Crippen LogP contribution in [0.1, 0.15) is 62.3 Å². The number of rotatable bonds is 10. The first-order valence-electron chi connectivity index (χ1n) is 15.3. The van der Waals surface area contributed by atoms with E-state index in [2.05, 4.69) is 123 Å². The van der Waals surface area contributed by atoms with Gasteiger partial charge in [0.15, 0.2) is 36.1 Å². The molecule has 1 rings (SSSR count). The number of aromatic amines is 1. The molecule has 4 atom stereocenters. The first-order valence-corrected chi connectivity index (χ1v) is 25.1. The average molecular weight is 761 g/mol. The first kappa shape index (κ1) is 54.8. The molecule has 0 radical (unpaired) electrons. The second-order valence-electron chi connectivity index (χ2n) is 15.8. The van der Waals surface area contributed by atoms with E-state index in [9.17, 15) is 0 Å². The highest BCUT2D eigenvalue weighted by Crippen LogP contribution is 2.39. The summed E-state index contributed by atoms with van der Waals surface area (Å²) in [6.07, 6.45) is 5.08. The van der Waals surface area contributed by atoms with Gasteiger partial charge in [-0.1, -0.05) is 75.4 Å². The number of nitrogens with one attached hydrogen (secondary N) is 1. The molecular weight excluding hydrogens is 687 g/mol. The lowest BCUT2D eigenvalue weighted by molar-refractivity contribution is -0.534. The molecule has 0 saturated carbocycles. The van der Waals surface area contributed by atoms with E-state index < -0.39 is 24.0 Å². The van der Waals surface area contributed by atoms with Gasteiger partial charge < -0.3 is 71.8 Å². The highest BCUT2D eigenvalue weighted by atomic mass is 35.6. The highest BCUT2D eigenvalue weighted by Gasteiger charge is 2.39. The second kappa shape index (κ2) is 23.7. The van der Waals surface area contributed by atoms with Crippen molar-refractivity contribution in [3.05, 3.63) is 18.7 Å². The van der Waals surface area contributed by atoms with Crippen molar-refractivity contribution in [2.75, 3.05) is 26.4 Å². The monoisotopic (exact) mass is 758 g/mol. The van der Waals surface area contributed by atoms with Crippen molar-refractivity contribution in [3.8, 4) is 0 Å². The van der Waals surface area contributed by atoms with Crippen LogP contribution in [0.3, 0.4) is 0 Å². The summed E-state index contributed by atoms with van der Waals surface area (Å²) in [5.74, 6) is 0. The van der Waals surface area contributed by atoms with E-state index in [0.29, 0.717) is 18.3 Å². The number of nitrogens with zero attached hydrogens (tertiary/aromatic N) is 1. The van der Waals surface area contributed by atoms with Crippen LogP contribution in [-0.4, -0.2) is 94.8 Å². The summed E-state index contributed by atoms with van der Waals surface area (Å²) < 4.78 is 12.3. The Morgan fingerprint density at radius 3 is 1.16 bits per heavy atom. The minimum atomic E-state index is -1.77. The van der Waals surface area contributed by atoms with Crippen LogP contribution in [0.15, 0.2) is 18.7 Å². The number of hydrogen-bond acceptors (Lipinski definition) is 7. The molecule has 0 spiro atoms. The number of halogens is 3. The van der Waals surface area contributed by atoms with Crippen molar-refractivity contribution >= 4 is 35.1 Å². The zero-order valence-corrected chi connectivity index (χ0v) is 36.5. The van der Waals surface area contributed by atoms with Gasteiger partial charge in [-0.3, -0.25) is 0 Å². The van der Waals surface area contributed by atoms with Crippen LogP contribution in [0.4, 0.5) is 0 Å². The van der Waals surface area contributed by atoms with Gasteiger partial charge in [-0.25, -0.2) is 4.98 Å². The number of quaternary nitrogens is 2. The van der Waals surface area contributed by atoms with Gasteiger partial charge in [-0.2, -0.15) is 11.1 Å². The summed E-state index contributed by atoms with van der Waals surface area (Å²) in [6.45, 7) is 34.3. The maximum absolute atomic E-state index is 8.42. The molecule has 16 heteroatoms. The van der Waals surface area contributed by atoms with Gasteiger partial charge in [0.25, 0.3) is 0 Å². The van der Waals surface area contributed by atoms with Crippen molar-refractivity contribution in [2.45, 2.75) is 141 Å². The summed E-state index contributed by atoms with van der Waals surface area (Å²) in [4.78, 5) is 6.42. The van der Waals surface area contributed by atoms with Crippen LogP contribution in [0.2, 0.25) is 54.4 Å². The summed E-state index contributed by atoms with van der Waals surface area (Å²) in [6, 6.07) is -0.641. The summed E-state index contributed by atoms with van der Waals surface area (Å²) >= 11 is 6.15. The molecule has 0 aliphatic carbocycles. The quantitative estimate of drug-likeness (QED) is 0.101. The maximum Gasteiger partial charge on any atom is 0.192 e. The minimum absolute atomic E-state index is 0. The first-order chi connectivity index (χ1) is 19.0. The van der Waals surface area contributed by atoms with Crippen LogP contribution >= 0.6 is 11.1 Å². The topological polar surface area (TPSA) is 195 Å². The fourth-order valence-electron chi connectivity index (χ4n) is 1.80. The number of aliphatic hydroxyl groups excluding tert-OH is 2. The Kier molecular flexibility index (Phi) is 28.9.